The number of aryl methyl sites for hydroxylation is 3. The van der Waals surface area contributed by atoms with Crippen LogP contribution in [0.15, 0.2) is 29.1 Å². The largest absolute Gasteiger partial charge is 0.496 e. The summed E-state index contributed by atoms with van der Waals surface area (Å²) < 4.78 is 8.43. The van der Waals surface area contributed by atoms with Crippen LogP contribution in [-0.2, 0) is 26.3 Å². The lowest BCUT2D eigenvalue weighted by atomic mass is 10.0. The van der Waals surface area contributed by atoms with Crippen molar-refractivity contribution in [1.82, 2.24) is 9.55 Å². The van der Waals surface area contributed by atoms with E-state index in [1.54, 1.807) is 7.11 Å². The average molecular weight is 323 g/mol. The van der Waals surface area contributed by atoms with E-state index in [1.165, 1.54) is 16.8 Å². The van der Waals surface area contributed by atoms with Gasteiger partial charge < -0.3 is 9.30 Å². The SMILES string of the molecule is CCc1ccc(OC)c(CCc2c(Br)ncn2C)c1. The maximum Gasteiger partial charge on any atom is 0.127 e. The van der Waals surface area contributed by atoms with Crippen molar-refractivity contribution in [3.8, 4) is 5.75 Å². The highest BCUT2D eigenvalue weighted by atomic mass is 79.9. The molecule has 0 radical (unpaired) electrons. The van der Waals surface area contributed by atoms with Crippen molar-refractivity contribution in [2.24, 2.45) is 7.05 Å². The standard InChI is InChI=1S/C15H19BrN2O/c1-4-11-5-8-14(19-3)12(9-11)6-7-13-15(16)17-10-18(13)2/h5,8-10H,4,6-7H2,1-3H3. The van der Waals surface area contributed by atoms with Crippen LogP contribution in [0.2, 0.25) is 0 Å². The highest BCUT2D eigenvalue weighted by Gasteiger charge is 2.09. The molecular weight excluding hydrogens is 304 g/mol. The molecule has 0 aliphatic rings. The molecule has 4 heteroatoms. The normalized spacial score (nSPS) is 10.7. The first-order valence-corrected chi connectivity index (χ1v) is 7.26. The van der Waals surface area contributed by atoms with Crippen LogP contribution in [0, 0.1) is 0 Å². The molecule has 2 aromatic rings. The Bertz CT molecular complexity index is 544. The first-order valence-electron chi connectivity index (χ1n) is 6.47. The van der Waals surface area contributed by atoms with Crippen molar-refractivity contribution >= 4 is 15.9 Å². The van der Waals surface area contributed by atoms with Crippen LogP contribution in [-0.4, -0.2) is 16.7 Å². The first kappa shape index (κ1) is 14.1. The van der Waals surface area contributed by atoms with Crippen LogP contribution < -0.4 is 4.74 Å². The van der Waals surface area contributed by atoms with Gasteiger partial charge in [-0.15, -0.1) is 0 Å². The molecule has 0 fully saturated rings. The third-order valence-corrected chi connectivity index (χ3v) is 4.05. The van der Waals surface area contributed by atoms with Crippen molar-refractivity contribution in [3.63, 3.8) is 0 Å². The molecule has 0 aliphatic carbocycles. The fourth-order valence-electron chi connectivity index (χ4n) is 2.21. The highest BCUT2D eigenvalue weighted by molar-refractivity contribution is 9.10. The maximum atomic E-state index is 5.44. The number of hydrogen-bond donors (Lipinski definition) is 0. The van der Waals surface area contributed by atoms with Gasteiger partial charge in [0.25, 0.3) is 0 Å². The summed E-state index contributed by atoms with van der Waals surface area (Å²) in [6, 6.07) is 6.43. The smallest absolute Gasteiger partial charge is 0.127 e. The van der Waals surface area contributed by atoms with Gasteiger partial charge in [0, 0.05) is 7.05 Å². The van der Waals surface area contributed by atoms with Gasteiger partial charge in [0.05, 0.1) is 19.1 Å². The molecule has 1 aromatic heterocycles. The van der Waals surface area contributed by atoms with Crippen LogP contribution in [0.1, 0.15) is 23.7 Å². The van der Waals surface area contributed by atoms with Gasteiger partial charge in [-0.25, -0.2) is 4.98 Å². The van der Waals surface area contributed by atoms with E-state index < -0.39 is 0 Å². The van der Waals surface area contributed by atoms with Crippen LogP contribution in [0.5, 0.6) is 5.75 Å². The first-order chi connectivity index (χ1) is 9.15. The Morgan fingerprint density at radius 3 is 2.68 bits per heavy atom. The predicted octanol–water partition coefficient (Wildman–Crippen LogP) is 3.54. The van der Waals surface area contributed by atoms with Gasteiger partial charge in [0.1, 0.15) is 10.4 Å². The van der Waals surface area contributed by atoms with Gasteiger partial charge in [-0.2, -0.15) is 0 Å². The quantitative estimate of drug-likeness (QED) is 0.841. The molecule has 1 heterocycles. The Morgan fingerprint density at radius 1 is 1.32 bits per heavy atom. The number of aromatic nitrogens is 2. The molecule has 0 saturated carbocycles. The van der Waals surface area contributed by atoms with Crippen molar-refractivity contribution in [2.75, 3.05) is 7.11 Å². The molecule has 3 nitrogen and oxygen atoms in total. The molecule has 19 heavy (non-hydrogen) atoms. The lowest BCUT2D eigenvalue weighted by molar-refractivity contribution is 0.409. The highest BCUT2D eigenvalue weighted by Crippen LogP contribution is 2.23. The Labute approximate surface area is 122 Å². The molecule has 0 bridgehead atoms. The zero-order chi connectivity index (χ0) is 13.8. The number of imidazole rings is 1. The van der Waals surface area contributed by atoms with E-state index in [4.69, 9.17) is 4.74 Å². The third kappa shape index (κ3) is 3.18. The number of hydrogen-bond acceptors (Lipinski definition) is 2. The van der Waals surface area contributed by atoms with E-state index in [-0.39, 0.29) is 0 Å². The number of rotatable bonds is 5. The van der Waals surface area contributed by atoms with E-state index in [0.717, 1.165) is 29.6 Å². The molecular formula is C15H19BrN2O. The second kappa shape index (κ2) is 6.24. The lowest BCUT2D eigenvalue weighted by Crippen LogP contribution is -2.01. The molecule has 0 spiro atoms. The molecule has 102 valence electrons. The molecule has 0 aliphatic heterocycles. The average Bonchev–Trinajstić information content (AvgIpc) is 2.75. The number of ether oxygens (including phenoxy) is 1. The number of methoxy groups -OCH3 is 1. The summed E-state index contributed by atoms with van der Waals surface area (Å²) in [5, 5.41) is 0. The Hall–Kier alpha value is -1.29. The van der Waals surface area contributed by atoms with Crippen molar-refractivity contribution in [1.29, 1.82) is 0 Å². The van der Waals surface area contributed by atoms with Crippen molar-refractivity contribution < 1.29 is 4.74 Å². The minimum absolute atomic E-state index is 0.931. The summed E-state index contributed by atoms with van der Waals surface area (Å²) in [5.74, 6) is 0.968. The van der Waals surface area contributed by atoms with Gasteiger partial charge in [-0.3, -0.25) is 0 Å². The Balaban J connectivity index is 2.18. The van der Waals surface area contributed by atoms with Gasteiger partial charge in [-0.1, -0.05) is 19.1 Å². The van der Waals surface area contributed by atoms with E-state index in [0.29, 0.717) is 0 Å². The Morgan fingerprint density at radius 2 is 2.11 bits per heavy atom. The lowest BCUT2D eigenvalue weighted by Gasteiger charge is -2.10. The van der Waals surface area contributed by atoms with Gasteiger partial charge >= 0.3 is 0 Å². The fourth-order valence-corrected chi connectivity index (χ4v) is 2.78. The minimum atomic E-state index is 0.931. The molecule has 0 saturated heterocycles. The zero-order valence-corrected chi connectivity index (χ0v) is 13.2. The molecule has 0 amide bonds. The summed E-state index contributed by atoms with van der Waals surface area (Å²) in [7, 11) is 3.75. The molecule has 2 rings (SSSR count). The fraction of sp³-hybridized carbons (Fsp3) is 0.400. The van der Waals surface area contributed by atoms with Crippen LogP contribution in [0.25, 0.3) is 0 Å². The van der Waals surface area contributed by atoms with E-state index in [2.05, 4.69) is 50.6 Å². The maximum absolute atomic E-state index is 5.44. The van der Waals surface area contributed by atoms with Crippen molar-refractivity contribution in [2.45, 2.75) is 26.2 Å². The summed E-state index contributed by atoms with van der Waals surface area (Å²) >= 11 is 3.49. The number of halogens is 1. The summed E-state index contributed by atoms with van der Waals surface area (Å²) in [5.41, 5.74) is 3.82. The molecule has 0 N–H and O–H groups in total. The molecule has 0 atom stereocenters. The van der Waals surface area contributed by atoms with Crippen LogP contribution in [0.3, 0.4) is 0 Å². The van der Waals surface area contributed by atoms with E-state index >= 15 is 0 Å². The van der Waals surface area contributed by atoms with Crippen LogP contribution >= 0.6 is 15.9 Å². The molecule has 1 aromatic carbocycles. The number of benzene rings is 1. The topological polar surface area (TPSA) is 27.1 Å². The van der Waals surface area contributed by atoms with Crippen molar-refractivity contribution in [3.05, 3.63) is 46.0 Å². The third-order valence-electron chi connectivity index (χ3n) is 3.39. The summed E-state index contributed by atoms with van der Waals surface area (Å²) in [6.07, 6.45) is 4.78. The summed E-state index contributed by atoms with van der Waals surface area (Å²) in [4.78, 5) is 4.25. The second-order valence-electron chi connectivity index (χ2n) is 4.59. The minimum Gasteiger partial charge on any atom is -0.496 e. The molecule has 0 unspecified atom stereocenters. The monoisotopic (exact) mass is 322 g/mol. The van der Waals surface area contributed by atoms with E-state index in [1.807, 2.05) is 13.4 Å². The van der Waals surface area contributed by atoms with Gasteiger partial charge in [0.2, 0.25) is 0 Å². The zero-order valence-electron chi connectivity index (χ0n) is 11.6. The second-order valence-corrected chi connectivity index (χ2v) is 5.34. The Kier molecular flexibility index (Phi) is 4.64. The predicted molar refractivity (Wildman–Crippen MR) is 80.7 cm³/mol. The summed E-state index contributed by atoms with van der Waals surface area (Å²) in [6.45, 7) is 2.17. The van der Waals surface area contributed by atoms with Gasteiger partial charge in [0.15, 0.2) is 0 Å². The van der Waals surface area contributed by atoms with Gasteiger partial charge in [-0.05, 0) is 52.4 Å². The van der Waals surface area contributed by atoms with E-state index in [9.17, 15) is 0 Å². The number of nitrogens with zero attached hydrogens (tertiary/aromatic N) is 2. The van der Waals surface area contributed by atoms with Crippen LogP contribution in [0.4, 0.5) is 0 Å².